The van der Waals surface area contributed by atoms with Gasteiger partial charge in [0.2, 0.25) is 0 Å². The minimum Gasteiger partial charge on any atom is -0.478 e. The van der Waals surface area contributed by atoms with E-state index in [1.807, 2.05) is 0 Å². The fraction of sp³-hybridized carbons (Fsp3) is 0. The fourth-order valence-electron chi connectivity index (χ4n) is 1.70. The van der Waals surface area contributed by atoms with Crippen molar-refractivity contribution in [2.24, 2.45) is 0 Å². The number of rotatable bonds is 3. The van der Waals surface area contributed by atoms with Gasteiger partial charge in [0, 0.05) is 10.6 Å². The van der Waals surface area contributed by atoms with Crippen molar-refractivity contribution < 1.29 is 19.1 Å². The summed E-state index contributed by atoms with van der Waals surface area (Å²) in [5.74, 6) is -2.89. The van der Waals surface area contributed by atoms with Gasteiger partial charge in [-0.3, -0.25) is 4.79 Å². The topological polar surface area (TPSA) is 54.4 Å². The van der Waals surface area contributed by atoms with Crippen LogP contribution in [-0.4, -0.2) is 16.9 Å². The molecule has 2 aromatic carbocycles. The largest absolute Gasteiger partial charge is 0.478 e. The van der Waals surface area contributed by atoms with Gasteiger partial charge in [0.25, 0.3) is 0 Å². The molecule has 3 nitrogen and oxygen atoms in total. The molecule has 0 aliphatic rings. The predicted octanol–water partition coefficient (Wildman–Crippen LogP) is 4.06. The Kier molecular flexibility index (Phi) is 4.06. The smallest absolute Gasteiger partial charge is 0.336 e. The number of hydrogen-bond acceptors (Lipinski definition) is 2. The average molecular weight is 313 g/mol. The Morgan fingerprint density at radius 3 is 2.15 bits per heavy atom. The first kappa shape index (κ1) is 14.5. The summed E-state index contributed by atoms with van der Waals surface area (Å²) < 4.78 is 13.5. The van der Waals surface area contributed by atoms with Crippen LogP contribution in [0.1, 0.15) is 26.3 Å². The summed E-state index contributed by atoms with van der Waals surface area (Å²) in [6, 6.07) is 7.69. The maximum Gasteiger partial charge on any atom is 0.336 e. The average Bonchev–Trinajstić information content (AvgIpc) is 2.41. The van der Waals surface area contributed by atoms with E-state index in [0.29, 0.717) is 5.02 Å². The molecular formula is C14H7Cl2FO3. The second-order valence-corrected chi connectivity index (χ2v) is 4.74. The van der Waals surface area contributed by atoms with Crippen LogP contribution in [0.2, 0.25) is 10.0 Å². The summed E-state index contributed by atoms with van der Waals surface area (Å²) in [6.45, 7) is 0. The molecule has 0 saturated heterocycles. The first-order valence-electron chi connectivity index (χ1n) is 5.43. The molecule has 0 fully saturated rings. The van der Waals surface area contributed by atoms with Crippen molar-refractivity contribution in [3.05, 3.63) is 69.0 Å². The number of ketones is 1. The number of carbonyl (C=O) groups is 2. The van der Waals surface area contributed by atoms with Gasteiger partial charge in [-0.1, -0.05) is 23.2 Å². The summed E-state index contributed by atoms with van der Waals surface area (Å²) in [4.78, 5) is 23.4. The fourth-order valence-corrected chi connectivity index (χ4v) is 2.07. The molecule has 0 radical (unpaired) electrons. The Morgan fingerprint density at radius 2 is 1.60 bits per heavy atom. The minimum absolute atomic E-state index is 0.171. The van der Waals surface area contributed by atoms with Crippen LogP contribution in [-0.2, 0) is 0 Å². The van der Waals surface area contributed by atoms with Gasteiger partial charge in [0.05, 0.1) is 16.1 Å². The molecule has 0 spiro atoms. The monoisotopic (exact) mass is 312 g/mol. The van der Waals surface area contributed by atoms with E-state index in [1.54, 1.807) is 0 Å². The van der Waals surface area contributed by atoms with E-state index in [9.17, 15) is 14.0 Å². The molecule has 0 heterocycles. The summed E-state index contributed by atoms with van der Waals surface area (Å²) in [5.41, 5.74) is -0.553. The number of hydrogen-bond donors (Lipinski definition) is 1. The number of halogens is 3. The minimum atomic E-state index is -1.36. The second kappa shape index (κ2) is 5.61. The third-order valence-corrected chi connectivity index (χ3v) is 3.28. The van der Waals surface area contributed by atoms with E-state index in [-0.39, 0.29) is 16.7 Å². The highest BCUT2D eigenvalue weighted by Crippen LogP contribution is 2.27. The Labute approximate surface area is 123 Å². The third-order valence-electron chi connectivity index (χ3n) is 2.66. The molecule has 0 amide bonds. The Hall–Kier alpha value is -1.91. The number of aromatic carboxylic acids is 1. The van der Waals surface area contributed by atoms with Crippen LogP contribution in [0.4, 0.5) is 4.39 Å². The molecule has 0 bridgehead atoms. The Bertz CT molecular complexity index is 696. The molecule has 0 aliphatic carbocycles. The first-order chi connectivity index (χ1) is 9.41. The second-order valence-electron chi connectivity index (χ2n) is 3.93. The molecule has 20 heavy (non-hydrogen) atoms. The molecule has 0 aliphatic heterocycles. The summed E-state index contributed by atoms with van der Waals surface area (Å²) in [6.07, 6.45) is 0. The van der Waals surface area contributed by atoms with Crippen LogP contribution in [0, 0.1) is 5.82 Å². The Morgan fingerprint density at radius 1 is 1.00 bits per heavy atom. The number of carboxylic acid groups (broad SMARTS) is 1. The zero-order valence-corrected chi connectivity index (χ0v) is 11.4. The highest BCUT2D eigenvalue weighted by molar-refractivity contribution is 6.36. The van der Waals surface area contributed by atoms with Crippen molar-refractivity contribution in [3.63, 3.8) is 0 Å². The zero-order chi connectivity index (χ0) is 14.9. The normalized spacial score (nSPS) is 10.3. The first-order valence-corrected chi connectivity index (χ1v) is 6.19. The van der Waals surface area contributed by atoms with Gasteiger partial charge in [0.15, 0.2) is 5.78 Å². The van der Waals surface area contributed by atoms with Crippen molar-refractivity contribution >= 4 is 35.0 Å². The van der Waals surface area contributed by atoms with Crippen LogP contribution < -0.4 is 0 Å². The zero-order valence-electron chi connectivity index (χ0n) is 9.86. The molecule has 0 saturated carbocycles. The lowest BCUT2D eigenvalue weighted by Crippen LogP contribution is -2.11. The highest BCUT2D eigenvalue weighted by atomic mass is 35.5. The van der Waals surface area contributed by atoms with E-state index in [4.69, 9.17) is 28.3 Å². The summed E-state index contributed by atoms with van der Waals surface area (Å²) >= 11 is 11.4. The van der Waals surface area contributed by atoms with Gasteiger partial charge in [-0.05, 0) is 36.4 Å². The number of benzene rings is 2. The lowest BCUT2D eigenvalue weighted by Gasteiger charge is -2.08. The van der Waals surface area contributed by atoms with Crippen molar-refractivity contribution in [2.45, 2.75) is 0 Å². The van der Waals surface area contributed by atoms with Gasteiger partial charge >= 0.3 is 5.97 Å². The van der Waals surface area contributed by atoms with Crippen LogP contribution in [0.25, 0.3) is 0 Å². The van der Waals surface area contributed by atoms with Gasteiger partial charge in [-0.2, -0.15) is 0 Å². The van der Waals surface area contributed by atoms with Gasteiger partial charge in [0.1, 0.15) is 5.82 Å². The van der Waals surface area contributed by atoms with Crippen molar-refractivity contribution in [2.75, 3.05) is 0 Å². The Balaban J connectivity index is 2.62. The molecular weight excluding hydrogens is 306 g/mol. The maximum atomic E-state index is 13.5. The van der Waals surface area contributed by atoms with Crippen LogP contribution >= 0.6 is 23.2 Å². The molecule has 2 rings (SSSR count). The summed E-state index contributed by atoms with van der Waals surface area (Å²) in [7, 11) is 0. The molecule has 0 aromatic heterocycles. The van der Waals surface area contributed by atoms with Crippen molar-refractivity contribution in [1.29, 1.82) is 0 Å². The molecule has 6 heteroatoms. The number of carboxylic acids is 1. The van der Waals surface area contributed by atoms with Gasteiger partial charge < -0.3 is 5.11 Å². The van der Waals surface area contributed by atoms with Crippen molar-refractivity contribution in [1.82, 2.24) is 0 Å². The predicted molar refractivity (Wildman–Crippen MR) is 73.3 cm³/mol. The standard InChI is InChI=1S/C14H7Cl2FO3/c15-8-3-1-7(2-4-8)13(18)11-9(14(19)20)5-6-10(17)12(11)16/h1-6H,(H,19,20). The molecule has 0 atom stereocenters. The maximum absolute atomic E-state index is 13.5. The van der Waals surface area contributed by atoms with E-state index in [1.165, 1.54) is 24.3 Å². The van der Waals surface area contributed by atoms with Gasteiger partial charge in [-0.25, -0.2) is 9.18 Å². The number of carbonyl (C=O) groups excluding carboxylic acids is 1. The van der Waals surface area contributed by atoms with Gasteiger partial charge in [-0.15, -0.1) is 0 Å². The molecule has 2 aromatic rings. The van der Waals surface area contributed by atoms with Crippen LogP contribution in [0.3, 0.4) is 0 Å². The molecule has 1 N–H and O–H groups in total. The lowest BCUT2D eigenvalue weighted by molar-refractivity contribution is 0.0692. The van der Waals surface area contributed by atoms with E-state index in [0.717, 1.165) is 12.1 Å². The van der Waals surface area contributed by atoms with Crippen LogP contribution in [0.15, 0.2) is 36.4 Å². The summed E-state index contributed by atoms with van der Waals surface area (Å²) in [5, 5.41) is 8.98. The van der Waals surface area contributed by atoms with Crippen molar-refractivity contribution in [3.8, 4) is 0 Å². The van der Waals surface area contributed by atoms with E-state index < -0.39 is 22.6 Å². The van der Waals surface area contributed by atoms with E-state index in [2.05, 4.69) is 0 Å². The third kappa shape index (κ3) is 2.66. The SMILES string of the molecule is O=C(O)c1ccc(F)c(Cl)c1C(=O)c1ccc(Cl)cc1. The van der Waals surface area contributed by atoms with Crippen LogP contribution in [0.5, 0.6) is 0 Å². The quantitative estimate of drug-likeness (QED) is 0.869. The lowest BCUT2D eigenvalue weighted by atomic mass is 9.98. The molecule has 0 unspecified atom stereocenters. The molecule has 102 valence electrons. The van der Waals surface area contributed by atoms with E-state index >= 15 is 0 Å². The highest BCUT2D eigenvalue weighted by Gasteiger charge is 2.23.